The van der Waals surface area contributed by atoms with Crippen LogP contribution in [0.15, 0.2) is 77.8 Å². The van der Waals surface area contributed by atoms with Gasteiger partial charge in [0.25, 0.3) is 5.91 Å². The Morgan fingerprint density at radius 1 is 0.970 bits per heavy atom. The predicted octanol–water partition coefficient (Wildman–Crippen LogP) is 2.93. The summed E-state index contributed by atoms with van der Waals surface area (Å²) in [4.78, 5) is 15.5. The molecule has 7 nitrogen and oxygen atoms in total. The number of carbonyl (C=O) groups is 1. The van der Waals surface area contributed by atoms with Gasteiger partial charge >= 0.3 is 0 Å². The lowest BCUT2D eigenvalue weighted by atomic mass is 10.1. The molecule has 4 rings (SSSR count). The number of morpholine rings is 1. The van der Waals surface area contributed by atoms with E-state index in [1.807, 2.05) is 60.7 Å². The van der Waals surface area contributed by atoms with Crippen LogP contribution in [0.1, 0.15) is 21.6 Å². The van der Waals surface area contributed by atoms with Crippen LogP contribution in [-0.2, 0) is 34.8 Å². The van der Waals surface area contributed by atoms with Gasteiger partial charge in [-0.15, -0.1) is 0 Å². The van der Waals surface area contributed by atoms with Gasteiger partial charge in [-0.2, -0.15) is 4.31 Å². The Morgan fingerprint density at radius 3 is 2.21 bits per heavy atom. The number of benzene rings is 2. The van der Waals surface area contributed by atoms with Gasteiger partial charge < -0.3 is 14.2 Å². The molecule has 8 heteroatoms. The van der Waals surface area contributed by atoms with Gasteiger partial charge in [0, 0.05) is 39.4 Å². The second-order valence-electron chi connectivity index (χ2n) is 8.14. The van der Waals surface area contributed by atoms with E-state index in [1.54, 1.807) is 16.5 Å². The molecule has 2 aromatic carbocycles. The lowest BCUT2D eigenvalue weighted by Crippen LogP contribution is -2.40. The van der Waals surface area contributed by atoms with Crippen LogP contribution in [-0.4, -0.2) is 60.9 Å². The number of carbonyl (C=O) groups excluding carboxylic acids is 1. The first kappa shape index (κ1) is 23.2. The molecule has 0 radical (unpaired) electrons. The summed E-state index contributed by atoms with van der Waals surface area (Å²) < 4.78 is 34.5. The van der Waals surface area contributed by atoms with Crippen molar-refractivity contribution in [3.8, 4) is 0 Å². The minimum Gasteiger partial charge on any atom is -0.379 e. The molecule has 0 spiro atoms. The van der Waals surface area contributed by atoms with E-state index in [2.05, 4.69) is 0 Å². The predicted molar refractivity (Wildman–Crippen MR) is 126 cm³/mol. The highest BCUT2D eigenvalue weighted by molar-refractivity contribution is 7.89. The minimum atomic E-state index is -3.68. The van der Waals surface area contributed by atoms with E-state index in [1.165, 1.54) is 16.6 Å². The van der Waals surface area contributed by atoms with Crippen LogP contribution in [0, 0.1) is 0 Å². The van der Waals surface area contributed by atoms with E-state index < -0.39 is 10.0 Å². The molecule has 0 saturated carbocycles. The van der Waals surface area contributed by atoms with E-state index >= 15 is 0 Å². The Morgan fingerprint density at radius 2 is 1.58 bits per heavy atom. The van der Waals surface area contributed by atoms with Crippen LogP contribution in [0.3, 0.4) is 0 Å². The number of rotatable bonds is 8. The fourth-order valence-corrected chi connectivity index (χ4v) is 5.43. The van der Waals surface area contributed by atoms with E-state index in [9.17, 15) is 13.2 Å². The number of hydrogen-bond donors (Lipinski definition) is 0. The summed E-state index contributed by atoms with van der Waals surface area (Å²) in [6.07, 6.45) is 2.23. The van der Waals surface area contributed by atoms with Crippen LogP contribution < -0.4 is 0 Å². The van der Waals surface area contributed by atoms with Crippen molar-refractivity contribution in [1.82, 2.24) is 13.8 Å². The molecule has 0 bridgehead atoms. The SMILES string of the molecule is Cn1cc(S(=O)(=O)N2CCOCC2)cc1C(=O)N(CCc1ccccc1)Cc1ccccc1. The molecule has 1 amide bonds. The molecule has 1 saturated heterocycles. The summed E-state index contributed by atoms with van der Waals surface area (Å²) in [7, 11) is -1.96. The highest BCUT2D eigenvalue weighted by Gasteiger charge is 2.29. The van der Waals surface area contributed by atoms with Crippen molar-refractivity contribution in [2.75, 3.05) is 32.8 Å². The molecule has 0 atom stereocenters. The number of amides is 1. The number of aromatic nitrogens is 1. The summed E-state index contributed by atoms with van der Waals surface area (Å²) in [5.74, 6) is -0.194. The van der Waals surface area contributed by atoms with Gasteiger partial charge in [0.05, 0.1) is 13.2 Å². The zero-order valence-electron chi connectivity index (χ0n) is 18.8. The standard InChI is InChI=1S/C25H29N3O4S/c1-26-20-23(33(30,31)28-14-16-32-17-15-28)18-24(26)25(29)27(19-22-10-6-3-7-11-22)13-12-21-8-4-2-5-9-21/h2-11,18,20H,12-17,19H2,1H3. The maximum Gasteiger partial charge on any atom is 0.270 e. The first-order valence-electron chi connectivity index (χ1n) is 11.1. The van der Waals surface area contributed by atoms with Crippen molar-refractivity contribution < 1.29 is 17.9 Å². The molecule has 0 aliphatic carbocycles. The Balaban J connectivity index is 1.58. The lowest BCUT2D eigenvalue weighted by molar-refractivity contribution is 0.0729. The third-order valence-corrected chi connectivity index (χ3v) is 7.69. The summed E-state index contributed by atoms with van der Waals surface area (Å²) in [5.41, 5.74) is 2.52. The van der Waals surface area contributed by atoms with E-state index in [-0.39, 0.29) is 10.8 Å². The van der Waals surface area contributed by atoms with Crippen molar-refractivity contribution in [3.63, 3.8) is 0 Å². The Bertz CT molecular complexity index is 1170. The molecule has 1 fully saturated rings. The van der Waals surface area contributed by atoms with Crippen molar-refractivity contribution in [2.45, 2.75) is 17.9 Å². The van der Waals surface area contributed by atoms with Crippen LogP contribution in [0.2, 0.25) is 0 Å². The number of nitrogens with zero attached hydrogens (tertiary/aromatic N) is 3. The van der Waals surface area contributed by atoms with Crippen LogP contribution in [0.25, 0.3) is 0 Å². The third kappa shape index (κ3) is 5.52. The zero-order valence-corrected chi connectivity index (χ0v) is 19.6. The molecule has 2 heterocycles. The molecule has 174 valence electrons. The highest BCUT2D eigenvalue weighted by Crippen LogP contribution is 2.21. The molecule has 33 heavy (non-hydrogen) atoms. The van der Waals surface area contributed by atoms with Crippen LogP contribution in [0.5, 0.6) is 0 Å². The van der Waals surface area contributed by atoms with Crippen LogP contribution >= 0.6 is 0 Å². The quantitative estimate of drug-likeness (QED) is 0.511. The van der Waals surface area contributed by atoms with Crippen molar-refractivity contribution in [1.29, 1.82) is 0 Å². The summed E-state index contributed by atoms with van der Waals surface area (Å²) in [6, 6.07) is 21.3. The molecule has 1 aliphatic rings. The van der Waals surface area contributed by atoms with Crippen LogP contribution in [0.4, 0.5) is 0 Å². The Labute approximate surface area is 195 Å². The van der Waals surface area contributed by atoms with Gasteiger partial charge in [-0.1, -0.05) is 60.7 Å². The smallest absolute Gasteiger partial charge is 0.270 e. The molecule has 3 aromatic rings. The summed E-state index contributed by atoms with van der Waals surface area (Å²) in [5, 5.41) is 0. The molecule has 0 unspecified atom stereocenters. The molecular formula is C25H29N3O4S. The average Bonchev–Trinajstić information content (AvgIpc) is 3.25. The van der Waals surface area contributed by atoms with Crippen molar-refractivity contribution >= 4 is 15.9 Å². The van der Waals surface area contributed by atoms with E-state index in [0.29, 0.717) is 51.5 Å². The third-order valence-electron chi connectivity index (χ3n) is 5.82. The largest absolute Gasteiger partial charge is 0.379 e. The van der Waals surface area contributed by atoms with Gasteiger partial charge in [0.1, 0.15) is 10.6 Å². The number of sulfonamides is 1. The maximum atomic E-state index is 13.6. The lowest BCUT2D eigenvalue weighted by Gasteiger charge is -2.25. The topological polar surface area (TPSA) is 71.9 Å². The fourth-order valence-electron chi connectivity index (χ4n) is 3.95. The molecular weight excluding hydrogens is 438 g/mol. The van der Waals surface area contributed by atoms with Gasteiger partial charge in [-0.3, -0.25) is 4.79 Å². The van der Waals surface area contributed by atoms with Gasteiger partial charge in [0.2, 0.25) is 10.0 Å². The normalized spacial score (nSPS) is 14.8. The second kappa shape index (κ2) is 10.3. The second-order valence-corrected chi connectivity index (χ2v) is 10.1. The maximum absolute atomic E-state index is 13.6. The zero-order chi connectivity index (χ0) is 23.3. The van der Waals surface area contributed by atoms with Gasteiger partial charge in [0.15, 0.2) is 0 Å². The Hall–Kier alpha value is -2.94. The number of ether oxygens (including phenoxy) is 1. The van der Waals surface area contributed by atoms with Crippen molar-refractivity contribution in [2.24, 2.45) is 7.05 Å². The first-order valence-corrected chi connectivity index (χ1v) is 12.5. The molecule has 1 aliphatic heterocycles. The number of hydrogen-bond acceptors (Lipinski definition) is 4. The monoisotopic (exact) mass is 467 g/mol. The summed E-state index contributed by atoms with van der Waals surface area (Å²) in [6.45, 7) is 2.36. The van der Waals surface area contributed by atoms with Gasteiger partial charge in [-0.25, -0.2) is 8.42 Å². The highest BCUT2D eigenvalue weighted by atomic mass is 32.2. The van der Waals surface area contributed by atoms with E-state index in [4.69, 9.17) is 4.74 Å². The van der Waals surface area contributed by atoms with Crippen molar-refractivity contribution in [3.05, 3.63) is 89.7 Å². The Kier molecular flexibility index (Phi) is 7.27. The number of aryl methyl sites for hydroxylation is 1. The fraction of sp³-hybridized carbons (Fsp3) is 0.320. The minimum absolute atomic E-state index is 0.137. The first-order chi connectivity index (χ1) is 15.9. The summed E-state index contributed by atoms with van der Waals surface area (Å²) >= 11 is 0. The molecule has 1 aromatic heterocycles. The van der Waals surface area contributed by atoms with E-state index in [0.717, 1.165) is 11.1 Å². The average molecular weight is 468 g/mol. The molecule has 0 N–H and O–H groups in total. The van der Waals surface area contributed by atoms with Gasteiger partial charge in [-0.05, 0) is 23.6 Å².